The molecule has 0 radical (unpaired) electrons. The van der Waals surface area contributed by atoms with Gasteiger partial charge in [-0.05, 0) is 38.1 Å². The third-order valence-electron chi connectivity index (χ3n) is 4.20. The van der Waals surface area contributed by atoms with Crippen molar-refractivity contribution in [3.05, 3.63) is 23.8 Å². The van der Waals surface area contributed by atoms with Crippen LogP contribution in [0.5, 0.6) is 5.75 Å². The standard InChI is InChI=1S/C16H25N3O2/c1-19(12-5-3-4-6-12)10-9-18-16(20)14-11-13(21-2)7-8-15(14)17/h7-8,11-12H,3-6,9-10,17H2,1-2H3,(H,18,20). The molecule has 0 aromatic heterocycles. The summed E-state index contributed by atoms with van der Waals surface area (Å²) in [6, 6.07) is 5.78. The first-order chi connectivity index (χ1) is 10.1. The minimum absolute atomic E-state index is 0.147. The number of anilines is 1. The molecule has 21 heavy (non-hydrogen) atoms. The summed E-state index contributed by atoms with van der Waals surface area (Å²) in [7, 11) is 3.70. The van der Waals surface area contributed by atoms with E-state index in [0.29, 0.717) is 29.6 Å². The zero-order valence-electron chi connectivity index (χ0n) is 12.9. The van der Waals surface area contributed by atoms with Gasteiger partial charge < -0.3 is 20.7 Å². The third-order valence-corrected chi connectivity index (χ3v) is 4.20. The van der Waals surface area contributed by atoms with Gasteiger partial charge >= 0.3 is 0 Å². The second-order valence-corrected chi connectivity index (χ2v) is 5.63. The normalized spacial score (nSPS) is 15.4. The van der Waals surface area contributed by atoms with Gasteiger partial charge in [0.1, 0.15) is 5.75 Å². The van der Waals surface area contributed by atoms with Crippen LogP contribution in [0.2, 0.25) is 0 Å². The zero-order chi connectivity index (χ0) is 15.2. The van der Waals surface area contributed by atoms with Crippen LogP contribution in [0.15, 0.2) is 18.2 Å². The lowest BCUT2D eigenvalue weighted by molar-refractivity contribution is 0.0947. The topological polar surface area (TPSA) is 67.6 Å². The number of nitrogens with zero attached hydrogens (tertiary/aromatic N) is 1. The number of ether oxygens (including phenoxy) is 1. The molecule has 1 aromatic rings. The van der Waals surface area contributed by atoms with Crippen molar-refractivity contribution in [2.24, 2.45) is 0 Å². The number of nitrogens with one attached hydrogen (secondary N) is 1. The minimum Gasteiger partial charge on any atom is -0.497 e. The lowest BCUT2D eigenvalue weighted by Crippen LogP contribution is -2.37. The summed E-state index contributed by atoms with van der Waals surface area (Å²) in [5.41, 5.74) is 6.79. The van der Waals surface area contributed by atoms with Crippen molar-refractivity contribution in [2.75, 3.05) is 33.0 Å². The number of likely N-dealkylation sites (N-methyl/N-ethyl adjacent to an activating group) is 1. The van der Waals surface area contributed by atoms with Crippen LogP contribution >= 0.6 is 0 Å². The molecule has 1 amide bonds. The summed E-state index contributed by atoms with van der Waals surface area (Å²) in [6.45, 7) is 1.49. The summed E-state index contributed by atoms with van der Waals surface area (Å²) in [4.78, 5) is 14.5. The average Bonchev–Trinajstić information content (AvgIpc) is 3.01. The first-order valence-corrected chi connectivity index (χ1v) is 7.53. The first kappa shape index (κ1) is 15.6. The van der Waals surface area contributed by atoms with Gasteiger partial charge in [0.2, 0.25) is 0 Å². The molecule has 2 rings (SSSR count). The lowest BCUT2D eigenvalue weighted by atomic mass is 10.1. The Morgan fingerprint density at radius 1 is 1.43 bits per heavy atom. The highest BCUT2D eigenvalue weighted by molar-refractivity contribution is 5.99. The maximum absolute atomic E-state index is 12.2. The molecule has 0 bridgehead atoms. The summed E-state index contributed by atoms with van der Waals surface area (Å²) >= 11 is 0. The van der Waals surface area contributed by atoms with Crippen molar-refractivity contribution < 1.29 is 9.53 Å². The number of hydrogen-bond acceptors (Lipinski definition) is 4. The van der Waals surface area contributed by atoms with E-state index < -0.39 is 0 Å². The molecule has 5 heteroatoms. The second kappa shape index (κ2) is 7.31. The van der Waals surface area contributed by atoms with Gasteiger partial charge in [0.15, 0.2) is 0 Å². The van der Waals surface area contributed by atoms with E-state index in [-0.39, 0.29) is 5.91 Å². The van der Waals surface area contributed by atoms with E-state index in [2.05, 4.69) is 17.3 Å². The van der Waals surface area contributed by atoms with Crippen LogP contribution in [-0.2, 0) is 0 Å². The molecule has 1 aromatic carbocycles. The van der Waals surface area contributed by atoms with Crippen LogP contribution in [0.4, 0.5) is 5.69 Å². The number of benzene rings is 1. The first-order valence-electron chi connectivity index (χ1n) is 7.53. The number of amides is 1. The van der Waals surface area contributed by atoms with Crippen molar-refractivity contribution in [2.45, 2.75) is 31.7 Å². The number of methoxy groups -OCH3 is 1. The van der Waals surface area contributed by atoms with Crippen molar-refractivity contribution in [3.8, 4) is 5.75 Å². The Bertz CT molecular complexity index is 484. The molecule has 3 N–H and O–H groups in total. The summed E-state index contributed by atoms with van der Waals surface area (Å²) in [5, 5.41) is 2.93. The average molecular weight is 291 g/mol. The molecule has 0 aliphatic heterocycles. The predicted octanol–water partition coefficient (Wildman–Crippen LogP) is 1.88. The van der Waals surface area contributed by atoms with E-state index in [0.717, 1.165) is 6.54 Å². The second-order valence-electron chi connectivity index (χ2n) is 5.63. The smallest absolute Gasteiger partial charge is 0.253 e. The Kier molecular flexibility index (Phi) is 5.44. The highest BCUT2D eigenvalue weighted by Crippen LogP contribution is 2.22. The van der Waals surface area contributed by atoms with Crippen molar-refractivity contribution >= 4 is 11.6 Å². The Hall–Kier alpha value is -1.75. The minimum atomic E-state index is -0.147. The molecule has 1 aliphatic rings. The highest BCUT2D eigenvalue weighted by Gasteiger charge is 2.19. The van der Waals surface area contributed by atoms with E-state index >= 15 is 0 Å². The molecule has 5 nitrogen and oxygen atoms in total. The van der Waals surface area contributed by atoms with E-state index in [9.17, 15) is 4.79 Å². The summed E-state index contributed by atoms with van der Waals surface area (Å²) < 4.78 is 5.13. The highest BCUT2D eigenvalue weighted by atomic mass is 16.5. The molecule has 1 fully saturated rings. The van der Waals surface area contributed by atoms with Gasteiger partial charge in [-0.3, -0.25) is 4.79 Å². The largest absolute Gasteiger partial charge is 0.497 e. The molecular formula is C16H25N3O2. The van der Waals surface area contributed by atoms with Gasteiger partial charge in [-0.25, -0.2) is 0 Å². The Labute approximate surface area is 126 Å². The molecule has 1 aliphatic carbocycles. The molecule has 0 spiro atoms. The number of nitrogen functional groups attached to an aromatic ring is 1. The van der Waals surface area contributed by atoms with Crippen LogP contribution < -0.4 is 15.8 Å². The van der Waals surface area contributed by atoms with Crippen molar-refractivity contribution in [1.29, 1.82) is 0 Å². The monoisotopic (exact) mass is 291 g/mol. The quantitative estimate of drug-likeness (QED) is 0.785. The SMILES string of the molecule is COc1ccc(N)c(C(=O)NCCN(C)C2CCCC2)c1. The molecule has 1 saturated carbocycles. The van der Waals surface area contributed by atoms with Crippen LogP contribution in [-0.4, -0.2) is 44.1 Å². The molecule has 0 heterocycles. The van der Waals surface area contributed by atoms with Gasteiger partial charge in [0, 0.05) is 24.8 Å². The molecule has 0 saturated heterocycles. The molecular weight excluding hydrogens is 266 g/mol. The van der Waals surface area contributed by atoms with E-state index in [1.54, 1.807) is 25.3 Å². The molecule has 0 atom stereocenters. The van der Waals surface area contributed by atoms with E-state index in [1.807, 2.05) is 0 Å². The van der Waals surface area contributed by atoms with Gasteiger partial charge in [0.05, 0.1) is 12.7 Å². The fourth-order valence-corrected chi connectivity index (χ4v) is 2.83. The summed E-state index contributed by atoms with van der Waals surface area (Å²) in [6.07, 6.45) is 5.18. The van der Waals surface area contributed by atoms with E-state index in [4.69, 9.17) is 10.5 Å². The number of nitrogens with two attached hydrogens (primary N) is 1. The maximum Gasteiger partial charge on any atom is 0.253 e. The van der Waals surface area contributed by atoms with Crippen LogP contribution in [0, 0.1) is 0 Å². The van der Waals surface area contributed by atoms with Gasteiger partial charge in [-0.2, -0.15) is 0 Å². The third kappa shape index (κ3) is 4.11. The Morgan fingerprint density at radius 2 is 2.14 bits per heavy atom. The lowest BCUT2D eigenvalue weighted by Gasteiger charge is -2.24. The predicted molar refractivity (Wildman–Crippen MR) is 84.6 cm³/mol. The zero-order valence-corrected chi connectivity index (χ0v) is 12.9. The fourth-order valence-electron chi connectivity index (χ4n) is 2.83. The Morgan fingerprint density at radius 3 is 2.81 bits per heavy atom. The van der Waals surface area contributed by atoms with Crippen molar-refractivity contribution in [1.82, 2.24) is 10.2 Å². The van der Waals surface area contributed by atoms with Gasteiger partial charge in [0.25, 0.3) is 5.91 Å². The number of hydrogen-bond donors (Lipinski definition) is 2. The van der Waals surface area contributed by atoms with Crippen LogP contribution in [0.3, 0.4) is 0 Å². The molecule has 116 valence electrons. The van der Waals surface area contributed by atoms with Crippen LogP contribution in [0.1, 0.15) is 36.0 Å². The van der Waals surface area contributed by atoms with Crippen molar-refractivity contribution in [3.63, 3.8) is 0 Å². The van der Waals surface area contributed by atoms with Gasteiger partial charge in [-0.15, -0.1) is 0 Å². The van der Waals surface area contributed by atoms with E-state index in [1.165, 1.54) is 25.7 Å². The Balaban J connectivity index is 1.84. The number of rotatable bonds is 6. The fraction of sp³-hybridized carbons (Fsp3) is 0.562. The number of carbonyl (C=O) groups is 1. The van der Waals surface area contributed by atoms with Crippen LogP contribution in [0.25, 0.3) is 0 Å². The summed E-state index contributed by atoms with van der Waals surface area (Å²) in [5.74, 6) is 0.489. The maximum atomic E-state index is 12.2. The molecule has 0 unspecified atom stereocenters. The van der Waals surface area contributed by atoms with Gasteiger partial charge in [-0.1, -0.05) is 12.8 Å². The number of carbonyl (C=O) groups excluding carboxylic acids is 1.